The zero-order valence-electron chi connectivity index (χ0n) is 10.9. The maximum atomic E-state index is 12.7. The largest absolute Gasteiger partial charge is 0.327 e. The van der Waals surface area contributed by atoms with Crippen LogP contribution in [-0.2, 0) is 10.8 Å². The van der Waals surface area contributed by atoms with Crippen LogP contribution in [0.3, 0.4) is 0 Å². The third kappa shape index (κ3) is 3.52. The van der Waals surface area contributed by atoms with Gasteiger partial charge in [-0.25, -0.2) is 0 Å². The van der Waals surface area contributed by atoms with Gasteiger partial charge in [0.15, 0.2) is 0 Å². The summed E-state index contributed by atoms with van der Waals surface area (Å²) in [6.45, 7) is 2.18. The number of hydrogen-bond donors (Lipinski definition) is 1. The molecule has 1 saturated carbocycles. The molecule has 4 unspecified atom stereocenters. The van der Waals surface area contributed by atoms with E-state index in [9.17, 15) is 4.21 Å². The number of hydrogen-bond acceptors (Lipinski definition) is 2. The van der Waals surface area contributed by atoms with Gasteiger partial charge in [0.2, 0.25) is 0 Å². The van der Waals surface area contributed by atoms with Crippen molar-refractivity contribution in [2.75, 3.05) is 0 Å². The number of halogens is 2. The van der Waals surface area contributed by atoms with Crippen molar-refractivity contribution in [3.05, 3.63) is 28.2 Å². The lowest BCUT2D eigenvalue weighted by atomic mass is 9.84. The van der Waals surface area contributed by atoms with Gasteiger partial charge in [0.25, 0.3) is 0 Å². The maximum absolute atomic E-state index is 12.7. The lowest BCUT2D eigenvalue weighted by Gasteiger charge is -2.33. The highest BCUT2D eigenvalue weighted by Crippen LogP contribution is 2.32. The minimum absolute atomic E-state index is 0.0121. The second-order valence-electron chi connectivity index (χ2n) is 5.16. The first kappa shape index (κ1) is 15.3. The van der Waals surface area contributed by atoms with Crippen LogP contribution in [0.1, 0.15) is 32.6 Å². The SMILES string of the molecule is CCC1CCC(N)C(S(=O)c2ccc(Cl)c(Cl)c2)C1. The van der Waals surface area contributed by atoms with Gasteiger partial charge in [-0.15, -0.1) is 0 Å². The van der Waals surface area contributed by atoms with Crippen molar-refractivity contribution in [2.24, 2.45) is 11.7 Å². The fourth-order valence-corrected chi connectivity index (χ4v) is 4.68. The quantitative estimate of drug-likeness (QED) is 0.914. The Balaban J connectivity index is 2.19. The molecule has 0 aromatic heterocycles. The van der Waals surface area contributed by atoms with Crippen molar-refractivity contribution in [3.8, 4) is 0 Å². The van der Waals surface area contributed by atoms with Gasteiger partial charge < -0.3 is 5.73 Å². The molecule has 5 heteroatoms. The minimum atomic E-state index is -1.11. The summed E-state index contributed by atoms with van der Waals surface area (Å²) in [5.41, 5.74) is 6.15. The molecule has 2 nitrogen and oxygen atoms in total. The van der Waals surface area contributed by atoms with Gasteiger partial charge in [0, 0.05) is 10.9 Å². The predicted octanol–water partition coefficient (Wildman–Crippen LogP) is 4.01. The van der Waals surface area contributed by atoms with Crippen LogP contribution < -0.4 is 5.73 Å². The Bertz CT molecular complexity index is 481. The van der Waals surface area contributed by atoms with Crippen LogP contribution in [0, 0.1) is 5.92 Å². The lowest BCUT2D eigenvalue weighted by molar-refractivity contribution is 0.324. The average Bonchev–Trinajstić information content (AvgIpc) is 2.41. The van der Waals surface area contributed by atoms with E-state index in [1.54, 1.807) is 18.2 Å². The first-order valence-electron chi connectivity index (χ1n) is 6.64. The monoisotopic (exact) mass is 319 g/mol. The minimum Gasteiger partial charge on any atom is -0.327 e. The Kier molecular flexibility index (Phi) is 5.29. The van der Waals surface area contributed by atoms with Crippen molar-refractivity contribution >= 4 is 34.0 Å². The average molecular weight is 320 g/mol. The number of benzene rings is 1. The predicted molar refractivity (Wildman–Crippen MR) is 82.3 cm³/mol. The normalized spacial score (nSPS) is 29.2. The van der Waals surface area contributed by atoms with Crippen LogP contribution in [0.5, 0.6) is 0 Å². The van der Waals surface area contributed by atoms with Gasteiger partial charge in [-0.2, -0.15) is 0 Å². The molecule has 4 atom stereocenters. The van der Waals surface area contributed by atoms with Crippen molar-refractivity contribution in [2.45, 2.75) is 48.8 Å². The maximum Gasteiger partial charge on any atom is 0.0604 e. The molecule has 1 fully saturated rings. The summed E-state index contributed by atoms with van der Waals surface area (Å²) >= 11 is 11.9. The van der Waals surface area contributed by atoms with Crippen LogP contribution in [0.15, 0.2) is 23.1 Å². The first-order valence-corrected chi connectivity index (χ1v) is 8.61. The summed E-state index contributed by atoms with van der Waals surface area (Å²) < 4.78 is 12.7. The zero-order valence-corrected chi connectivity index (χ0v) is 13.3. The number of rotatable bonds is 3. The summed E-state index contributed by atoms with van der Waals surface area (Å²) in [7, 11) is -1.11. The fraction of sp³-hybridized carbons (Fsp3) is 0.571. The van der Waals surface area contributed by atoms with Crippen LogP contribution in [-0.4, -0.2) is 15.5 Å². The Morgan fingerprint density at radius 1 is 1.32 bits per heavy atom. The van der Waals surface area contributed by atoms with E-state index in [1.165, 1.54) is 0 Å². The topological polar surface area (TPSA) is 43.1 Å². The number of nitrogens with two attached hydrogens (primary N) is 1. The smallest absolute Gasteiger partial charge is 0.0604 e. The highest BCUT2D eigenvalue weighted by atomic mass is 35.5. The Morgan fingerprint density at radius 2 is 2.05 bits per heavy atom. The molecule has 0 heterocycles. The second-order valence-corrected chi connectivity index (χ2v) is 7.65. The van der Waals surface area contributed by atoms with E-state index in [1.807, 2.05) is 0 Å². The Hall–Kier alpha value is -0.0900. The molecule has 2 rings (SSSR count). The van der Waals surface area contributed by atoms with Gasteiger partial charge in [0.1, 0.15) is 0 Å². The Labute approximate surface area is 127 Å². The summed E-state index contributed by atoms with van der Waals surface area (Å²) in [4.78, 5) is 0.728. The van der Waals surface area contributed by atoms with Crippen LogP contribution in [0.25, 0.3) is 0 Å². The molecule has 0 saturated heterocycles. The van der Waals surface area contributed by atoms with Gasteiger partial charge in [-0.1, -0.05) is 36.5 Å². The summed E-state index contributed by atoms with van der Waals surface area (Å²) in [6, 6.07) is 5.19. The van der Waals surface area contributed by atoms with Crippen molar-refractivity contribution < 1.29 is 4.21 Å². The van der Waals surface area contributed by atoms with Crippen molar-refractivity contribution in [3.63, 3.8) is 0 Å². The van der Waals surface area contributed by atoms with E-state index in [0.29, 0.717) is 16.0 Å². The standard InChI is InChI=1S/C14H19Cl2NOS/c1-2-9-3-6-13(17)14(7-9)19(18)10-4-5-11(15)12(16)8-10/h4-5,8-9,13-14H,2-3,6-7,17H2,1H3. The van der Waals surface area contributed by atoms with Gasteiger partial charge in [-0.05, 0) is 43.4 Å². The highest BCUT2D eigenvalue weighted by Gasteiger charge is 2.32. The van der Waals surface area contributed by atoms with Crippen LogP contribution >= 0.6 is 23.2 Å². The molecule has 19 heavy (non-hydrogen) atoms. The van der Waals surface area contributed by atoms with Crippen molar-refractivity contribution in [1.82, 2.24) is 0 Å². The third-order valence-electron chi connectivity index (χ3n) is 3.93. The Morgan fingerprint density at radius 3 is 2.68 bits per heavy atom. The molecule has 2 N–H and O–H groups in total. The molecule has 1 aromatic carbocycles. The second kappa shape index (κ2) is 6.57. The van der Waals surface area contributed by atoms with Gasteiger partial charge in [-0.3, -0.25) is 4.21 Å². The van der Waals surface area contributed by atoms with Crippen LogP contribution in [0.2, 0.25) is 10.0 Å². The van der Waals surface area contributed by atoms with Gasteiger partial charge in [0.05, 0.1) is 26.1 Å². The molecule has 0 aliphatic heterocycles. The lowest BCUT2D eigenvalue weighted by Crippen LogP contribution is -2.42. The highest BCUT2D eigenvalue weighted by molar-refractivity contribution is 7.85. The van der Waals surface area contributed by atoms with E-state index < -0.39 is 10.8 Å². The molecule has 0 amide bonds. The summed E-state index contributed by atoms with van der Waals surface area (Å²) in [6.07, 6.45) is 4.16. The van der Waals surface area contributed by atoms with Crippen LogP contribution in [0.4, 0.5) is 0 Å². The summed E-state index contributed by atoms with van der Waals surface area (Å²) in [5, 5.41) is 0.960. The van der Waals surface area contributed by atoms with E-state index in [-0.39, 0.29) is 11.3 Å². The van der Waals surface area contributed by atoms with Gasteiger partial charge >= 0.3 is 0 Å². The molecule has 106 valence electrons. The molecular weight excluding hydrogens is 301 g/mol. The molecule has 0 radical (unpaired) electrons. The molecule has 1 aliphatic rings. The van der Waals surface area contributed by atoms with E-state index in [2.05, 4.69) is 6.92 Å². The third-order valence-corrected chi connectivity index (χ3v) is 6.48. The molecule has 0 spiro atoms. The molecule has 1 aromatic rings. The molecule has 0 bridgehead atoms. The summed E-state index contributed by atoms with van der Waals surface area (Å²) in [5.74, 6) is 0.636. The van der Waals surface area contributed by atoms with E-state index >= 15 is 0 Å². The fourth-order valence-electron chi connectivity index (χ4n) is 2.63. The van der Waals surface area contributed by atoms with Crippen molar-refractivity contribution in [1.29, 1.82) is 0 Å². The van der Waals surface area contributed by atoms with E-state index in [0.717, 1.165) is 30.6 Å². The van der Waals surface area contributed by atoms with E-state index in [4.69, 9.17) is 28.9 Å². The first-order chi connectivity index (χ1) is 9.02. The molecule has 1 aliphatic carbocycles. The zero-order chi connectivity index (χ0) is 14.0. The molecular formula is C14H19Cl2NOS.